The van der Waals surface area contributed by atoms with Crippen molar-refractivity contribution in [3.63, 3.8) is 0 Å². The van der Waals surface area contributed by atoms with Gasteiger partial charge in [-0.25, -0.2) is 4.98 Å². The molecule has 1 aromatic carbocycles. The van der Waals surface area contributed by atoms with E-state index in [0.29, 0.717) is 27.7 Å². The fraction of sp³-hybridized carbons (Fsp3) is 0.261. The van der Waals surface area contributed by atoms with Gasteiger partial charge in [0.05, 0.1) is 23.9 Å². The van der Waals surface area contributed by atoms with Crippen LogP contribution in [0.3, 0.4) is 0 Å². The summed E-state index contributed by atoms with van der Waals surface area (Å²) in [5.74, 6) is 0.711. The number of nitrogens with one attached hydrogen (secondary N) is 2. The number of furan rings is 1. The summed E-state index contributed by atoms with van der Waals surface area (Å²) in [5.41, 5.74) is 4.63. The number of aryl methyl sites for hydroxylation is 2. The van der Waals surface area contributed by atoms with Gasteiger partial charge in [0.2, 0.25) is 5.91 Å². The summed E-state index contributed by atoms with van der Waals surface area (Å²) in [5, 5.41) is 5.86. The standard InChI is InChI=1S/C23H21N3O3S2/c27-19(24-11-17-6-3-9-29-17)13-31-23-25-21(28)20-18(12-30-22(20)26-23)16-8-7-14-4-1-2-5-15(14)10-16/h3,6-10,12H,1-2,4-5,11,13H2,(H,24,27)(H,25,26,28). The Labute approximate surface area is 187 Å². The molecule has 1 amide bonds. The number of thioether (sulfide) groups is 1. The normalized spacial score (nSPS) is 13.3. The molecule has 0 saturated carbocycles. The largest absolute Gasteiger partial charge is 0.467 e. The number of benzene rings is 1. The number of fused-ring (bicyclic) bond motifs is 2. The van der Waals surface area contributed by atoms with Crippen LogP contribution in [0.4, 0.5) is 0 Å². The van der Waals surface area contributed by atoms with Crippen LogP contribution in [-0.2, 0) is 24.2 Å². The predicted molar refractivity (Wildman–Crippen MR) is 124 cm³/mol. The van der Waals surface area contributed by atoms with Crippen LogP contribution in [0.5, 0.6) is 0 Å². The lowest BCUT2D eigenvalue weighted by atomic mass is 9.89. The summed E-state index contributed by atoms with van der Waals surface area (Å²) in [4.78, 5) is 33.0. The summed E-state index contributed by atoms with van der Waals surface area (Å²) < 4.78 is 5.20. The van der Waals surface area contributed by atoms with Gasteiger partial charge in [-0.15, -0.1) is 11.3 Å². The molecule has 0 radical (unpaired) electrons. The Bertz CT molecular complexity index is 1290. The summed E-state index contributed by atoms with van der Waals surface area (Å²) in [6.07, 6.45) is 6.28. The smallest absolute Gasteiger partial charge is 0.260 e. The van der Waals surface area contributed by atoms with E-state index < -0.39 is 0 Å². The summed E-state index contributed by atoms with van der Waals surface area (Å²) >= 11 is 2.68. The molecule has 0 fully saturated rings. The molecule has 3 aromatic heterocycles. The Morgan fingerprint density at radius 2 is 2.10 bits per heavy atom. The van der Waals surface area contributed by atoms with Crippen LogP contribution < -0.4 is 10.9 Å². The third kappa shape index (κ3) is 4.31. The van der Waals surface area contributed by atoms with E-state index in [1.165, 1.54) is 47.1 Å². The highest BCUT2D eigenvalue weighted by atomic mass is 32.2. The Kier molecular flexibility index (Phi) is 5.65. The summed E-state index contributed by atoms with van der Waals surface area (Å²) in [6, 6.07) is 10.1. The van der Waals surface area contributed by atoms with E-state index in [1.54, 1.807) is 18.4 Å². The van der Waals surface area contributed by atoms with Crippen LogP contribution >= 0.6 is 23.1 Å². The Hall–Kier alpha value is -2.84. The molecule has 0 spiro atoms. The summed E-state index contributed by atoms with van der Waals surface area (Å²) in [7, 11) is 0. The SMILES string of the molecule is O=C(CSc1nc2scc(-c3ccc4c(c3)CCCC4)c2c(=O)[nH]1)NCc1ccco1. The second kappa shape index (κ2) is 8.72. The lowest BCUT2D eigenvalue weighted by molar-refractivity contribution is -0.118. The molecule has 1 aliphatic rings. The second-order valence-electron chi connectivity index (χ2n) is 7.54. The quantitative estimate of drug-likeness (QED) is 0.332. The van der Waals surface area contributed by atoms with Crippen molar-refractivity contribution in [1.82, 2.24) is 15.3 Å². The van der Waals surface area contributed by atoms with Crippen molar-refractivity contribution in [2.45, 2.75) is 37.4 Å². The minimum Gasteiger partial charge on any atom is -0.467 e. The van der Waals surface area contributed by atoms with Crippen LogP contribution in [0.2, 0.25) is 0 Å². The van der Waals surface area contributed by atoms with Crippen molar-refractivity contribution in [3.05, 3.63) is 69.2 Å². The van der Waals surface area contributed by atoms with Crippen molar-refractivity contribution < 1.29 is 9.21 Å². The molecule has 0 bridgehead atoms. The number of aromatic nitrogens is 2. The minimum atomic E-state index is -0.169. The van der Waals surface area contributed by atoms with Gasteiger partial charge < -0.3 is 14.7 Å². The highest BCUT2D eigenvalue weighted by molar-refractivity contribution is 7.99. The number of amides is 1. The molecular weight excluding hydrogens is 430 g/mol. The van der Waals surface area contributed by atoms with Gasteiger partial charge in [-0.2, -0.15) is 0 Å². The van der Waals surface area contributed by atoms with Gasteiger partial charge in [-0.1, -0.05) is 30.0 Å². The third-order valence-electron chi connectivity index (χ3n) is 5.46. The number of hydrogen-bond donors (Lipinski definition) is 2. The Morgan fingerprint density at radius 3 is 2.94 bits per heavy atom. The highest BCUT2D eigenvalue weighted by Gasteiger charge is 2.16. The van der Waals surface area contributed by atoms with E-state index in [-0.39, 0.29) is 17.2 Å². The van der Waals surface area contributed by atoms with Gasteiger partial charge in [-0.05, 0) is 54.5 Å². The van der Waals surface area contributed by atoms with Crippen molar-refractivity contribution in [3.8, 4) is 11.1 Å². The molecule has 158 valence electrons. The fourth-order valence-electron chi connectivity index (χ4n) is 3.89. The maximum Gasteiger partial charge on any atom is 0.260 e. The number of carbonyl (C=O) groups is 1. The van der Waals surface area contributed by atoms with Gasteiger partial charge in [0, 0.05) is 10.9 Å². The molecule has 2 N–H and O–H groups in total. The molecule has 6 nitrogen and oxygen atoms in total. The first-order valence-electron chi connectivity index (χ1n) is 10.2. The average Bonchev–Trinajstić information content (AvgIpc) is 3.46. The molecule has 8 heteroatoms. The van der Waals surface area contributed by atoms with Crippen molar-refractivity contribution >= 4 is 39.2 Å². The monoisotopic (exact) mass is 451 g/mol. The van der Waals surface area contributed by atoms with E-state index in [2.05, 4.69) is 33.5 Å². The van der Waals surface area contributed by atoms with E-state index in [1.807, 2.05) is 5.38 Å². The first-order chi connectivity index (χ1) is 15.2. The lowest BCUT2D eigenvalue weighted by Crippen LogP contribution is -2.24. The Morgan fingerprint density at radius 1 is 1.23 bits per heavy atom. The predicted octanol–water partition coefficient (Wildman–Crippen LogP) is 4.53. The molecule has 1 aliphatic carbocycles. The van der Waals surface area contributed by atoms with Crippen LogP contribution in [0.25, 0.3) is 21.3 Å². The number of aromatic amines is 1. The fourth-order valence-corrected chi connectivity index (χ4v) is 5.59. The number of thiophene rings is 1. The van der Waals surface area contributed by atoms with E-state index in [9.17, 15) is 9.59 Å². The lowest BCUT2D eigenvalue weighted by Gasteiger charge is -2.16. The number of hydrogen-bond acceptors (Lipinski definition) is 6. The van der Waals surface area contributed by atoms with Crippen LogP contribution in [-0.4, -0.2) is 21.6 Å². The van der Waals surface area contributed by atoms with Gasteiger partial charge >= 0.3 is 0 Å². The number of H-pyrrole nitrogens is 1. The third-order valence-corrected chi connectivity index (χ3v) is 7.21. The number of carbonyl (C=O) groups excluding carboxylic acids is 1. The zero-order valence-corrected chi connectivity index (χ0v) is 18.4. The molecule has 0 atom stereocenters. The molecule has 0 unspecified atom stereocenters. The molecule has 4 aromatic rings. The van der Waals surface area contributed by atoms with Gasteiger partial charge in [0.25, 0.3) is 5.56 Å². The van der Waals surface area contributed by atoms with Crippen molar-refractivity contribution in [2.75, 3.05) is 5.75 Å². The first-order valence-corrected chi connectivity index (χ1v) is 12.1. The van der Waals surface area contributed by atoms with E-state index >= 15 is 0 Å². The van der Waals surface area contributed by atoms with Gasteiger partial charge in [0.15, 0.2) is 5.16 Å². The topological polar surface area (TPSA) is 88.0 Å². The zero-order chi connectivity index (χ0) is 21.2. The average molecular weight is 452 g/mol. The van der Waals surface area contributed by atoms with Crippen molar-refractivity contribution in [2.24, 2.45) is 0 Å². The zero-order valence-electron chi connectivity index (χ0n) is 16.8. The first kappa shape index (κ1) is 20.1. The molecule has 0 aliphatic heterocycles. The van der Waals surface area contributed by atoms with Gasteiger partial charge in [0.1, 0.15) is 10.6 Å². The van der Waals surface area contributed by atoms with Crippen LogP contribution in [0, 0.1) is 0 Å². The highest BCUT2D eigenvalue weighted by Crippen LogP contribution is 2.34. The minimum absolute atomic E-state index is 0.148. The second-order valence-corrected chi connectivity index (χ2v) is 9.36. The molecular formula is C23H21N3O3S2. The molecule has 31 heavy (non-hydrogen) atoms. The summed E-state index contributed by atoms with van der Waals surface area (Å²) in [6.45, 7) is 0.338. The molecule has 0 saturated heterocycles. The van der Waals surface area contributed by atoms with Crippen LogP contribution in [0.15, 0.2) is 56.3 Å². The van der Waals surface area contributed by atoms with E-state index in [0.717, 1.165) is 24.0 Å². The molecule has 5 rings (SSSR count). The van der Waals surface area contributed by atoms with Crippen LogP contribution in [0.1, 0.15) is 29.7 Å². The van der Waals surface area contributed by atoms with Crippen molar-refractivity contribution in [1.29, 1.82) is 0 Å². The van der Waals surface area contributed by atoms with Gasteiger partial charge in [-0.3, -0.25) is 9.59 Å². The maximum atomic E-state index is 12.9. The van der Waals surface area contributed by atoms with E-state index in [4.69, 9.17) is 4.42 Å². The maximum absolute atomic E-state index is 12.9. The number of rotatable bonds is 6. The number of nitrogens with zero attached hydrogens (tertiary/aromatic N) is 1. The molecule has 3 heterocycles. The Balaban J connectivity index is 1.33.